The Morgan fingerprint density at radius 3 is 2.75 bits per heavy atom. The molecule has 1 unspecified atom stereocenters. The van der Waals surface area contributed by atoms with Crippen LogP contribution in [-0.2, 0) is 4.79 Å². The van der Waals surface area contributed by atoms with Crippen LogP contribution >= 0.6 is 23.2 Å². The van der Waals surface area contributed by atoms with Crippen molar-refractivity contribution in [3.8, 4) is 5.75 Å². The number of nitrogens with one attached hydrogen (secondary N) is 1. The van der Waals surface area contributed by atoms with Gasteiger partial charge >= 0.3 is 0 Å². The van der Waals surface area contributed by atoms with Crippen LogP contribution in [0.2, 0.25) is 10.0 Å². The van der Waals surface area contributed by atoms with Crippen molar-refractivity contribution in [1.29, 1.82) is 0 Å². The molecule has 1 aromatic carbocycles. The smallest absolute Gasteiger partial charge is 0.266 e. The molecule has 0 radical (unpaired) electrons. The van der Waals surface area contributed by atoms with Gasteiger partial charge in [0.05, 0.1) is 5.02 Å². The second-order valence-electron chi connectivity index (χ2n) is 4.04. The molecule has 0 saturated carbocycles. The Hall–Kier alpha value is -1.78. The molecule has 1 aromatic heterocycles. The lowest BCUT2D eigenvalue weighted by Gasteiger charge is -2.15. The number of halogens is 2. The number of pyridine rings is 1. The number of hydrogen-bond donors (Lipinski definition) is 1. The number of benzene rings is 1. The van der Waals surface area contributed by atoms with Crippen LogP contribution in [-0.4, -0.2) is 17.0 Å². The van der Waals surface area contributed by atoms with Gasteiger partial charge < -0.3 is 10.1 Å². The first-order chi connectivity index (χ1) is 9.56. The van der Waals surface area contributed by atoms with Crippen molar-refractivity contribution in [2.75, 3.05) is 5.32 Å². The van der Waals surface area contributed by atoms with Crippen molar-refractivity contribution in [3.05, 3.63) is 52.6 Å². The molecule has 2 aromatic rings. The van der Waals surface area contributed by atoms with Gasteiger partial charge in [-0.3, -0.25) is 4.79 Å². The summed E-state index contributed by atoms with van der Waals surface area (Å²) in [7, 11) is 0. The minimum Gasteiger partial charge on any atom is -0.479 e. The summed E-state index contributed by atoms with van der Waals surface area (Å²) in [4.78, 5) is 16.0. The Bertz CT molecular complexity index is 605. The number of aromatic nitrogens is 1. The fourth-order valence-corrected chi connectivity index (χ4v) is 1.93. The second kappa shape index (κ2) is 6.59. The van der Waals surface area contributed by atoms with Crippen LogP contribution < -0.4 is 10.1 Å². The number of ether oxygens (including phenoxy) is 1. The molecule has 0 spiro atoms. The predicted molar refractivity (Wildman–Crippen MR) is 79.4 cm³/mol. The lowest BCUT2D eigenvalue weighted by molar-refractivity contribution is -0.122. The maximum Gasteiger partial charge on any atom is 0.266 e. The van der Waals surface area contributed by atoms with Gasteiger partial charge in [-0.1, -0.05) is 29.3 Å². The average Bonchev–Trinajstić information content (AvgIpc) is 2.43. The lowest BCUT2D eigenvalue weighted by Crippen LogP contribution is -2.30. The van der Waals surface area contributed by atoms with Gasteiger partial charge in [0.15, 0.2) is 6.10 Å². The molecule has 1 atom stereocenters. The van der Waals surface area contributed by atoms with Gasteiger partial charge in [-0.2, -0.15) is 0 Å². The Balaban J connectivity index is 2.00. The topological polar surface area (TPSA) is 51.2 Å². The molecule has 20 heavy (non-hydrogen) atoms. The van der Waals surface area contributed by atoms with Crippen molar-refractivity contribution >= 4 is 34.9 Å². The molecule has 0 bridgehead atoms. The fourth-order valence-electron chi connectivity index (χ4n) is 1.48. The molecule has 6 heteroatoms. The number of rotatable bonds is 4. The van der Waals surface area contributed by atoms with E-state index in [1.165, 1.54) is 0 Å². The van der Waals surface area contributed by atoms with E-state index in [0.717, 1.165) is 0 Å². The molecule has 2 rings (SSSR count). The molecule has 4 nitrogen and oxygen atoms in total. The van der Waals surface area contributed by atoms with Gasteiger partial charge in [0.25, 0.3) is 5.91 Å². The highest BCUT2D eigenvalue weighted by atomic mass is 35.5. The van der Waals surface area contributed by atoms with E-state index in [-0.39, 0.29) is 5.91 Å². The molecule has 0 aliphatic rings. The Morgan fingerprint density at radius 1 is 1.30 bits per heavy atom. The van der Waals surface area contributed by atoms with E-state index in [1.54, 1.807) is 49.5 Å². The Kier molecular flexibility index (Phi) is 4.82. The predicted octanol–water partition coefficient (Wildman–Crippen LogP) is 3.79. The van der Waals surface area contributed by atoms with E-state index in [1.807, 2.05) is 0 Å². The SMILES string of the molecule is CC(Oc1ccc(Cl)cc1Cl)C(=O)Nc1ccccn1. The van der Waals surface area contributed by atoms with Crippen molar-refractivity contribution in [1.82, 2.24) is 4.98 Å². The summed E-state index contributed by atoms with van der Waals surface area (Å²) in [6, 6.07) is 10.1. The minimum atomic E-state index is -0.712. The fraction of sp³-hybridized carbons (Fsp3) is 0.143. The van der Waals surface area contributed by atoms with Crippen LogP contribution in [0.25, 0.3) is 0 Å². The monoisotopic (exact) mass is 310 g/mol. The van der Waals surface area contributed by atoms with Gasteiger partial charge in [0, 0.05) is 11.2 Å². The zero-order chi connectivity index (χ0) is 14.5. The van der Waals surface area contributed by atoms with Gasteiger partial charge in [0.1, 0.15) is 11.6 Å². The zero-order valence-corrected chi connectivity index (χ0v) is 12.2. The first kappa shape index (κ1) is 14.6. The molecular weight excluding hydrogens is 299 g/mol. The first-order valence-electron chi connectivity index (χ1n) is 5.90. The Morgan fingerprint density at radius 2 is 2.10 bits per heavy atom. The van der Waals surface area contributed by atoms with E-state index in [9.17, 15) is 4.79 Å². The highest BCUT2D eigenvalue weighted by Crippen LogP contribution is 2.28. The third-order valence-electron chi connectivity index (χ3n) is 2.48. The number of hydrogen-bond acceptors (Lipinski definition) is 3. The summed E-state index contributed by atoms with van der Waals surface area (Å²) >= 11 is 11.8. The molecule has 0 aliphatic heterocycles. The highest BCUT2D eigenvalue weighted by molar-refractivity contribution is 6.35. The summed E-state index contributed by atoms with van der Waals surface area (Å²) < 4.78 is 5.50. The van der Waals surface area contributed by atoms with E-state index in [4.69, 9.17) is 27.9 Å². The summed E-state index contributed by atoms with van der Waals surface area (Å²) in [6.45, 7) is 1.63. The number of nitrogens with zero attached hydrogens (tertiary/aromatic N) is 1. The molecule has 0 aliphatic carbocycles. The van der Waals surface area contributed by atoms with E-state index in [2.05, 4.69) is 10.3 Å². The third-order valence-corrected chi connectivity index (χ3v) is 3.01. The normalized spacial score (nSPS) is 11.8. The molecule has 0 fully saturated rings. The van der Waals surface area contributed by atoms with Crippen LogP contribution in [0.3, 0.4) is 0 Å². The van der Waals surface area contributed by atoms with Crippen LogP contribution in [0.5, 0.6) is 5.75 Å². The summed E-state index contributed by atoms with van der Waals surface area (Å²) in [5.74, 6) is 0.560. The second-order valence-corrected chi connectivity index (χ2v) is 4.88. The van der Waals surface area contributed by atoms with Crippen molar-refractivity contribution in [3.63, 3.8) is 0 Å². The molecule has 0 saturated heterocycles. The number of anilines is 1. The van der Waals surface area contributed by atoms with Gasteiger partial charge in [0.2, 0.25) is 0 Å². The highest BCUT2D eigenvalue weighted by Gasteiger charge is 2.16. The first-order valence-corrected chi connectivity index (χ1v) is 6.65. The summed E-state index contributed by atoms with van der Waals surface area (Å²) in [6.07, 6.45) is 0.882. The van der Waals surface area contributed by atoms with Gasteiger partial charge in [-0.05, 0) is 37.3 Å². The largest absolute Gasteiger partial charge is 0.479 e. The standard InChI is InChI=1S/C14H12Cl2N2O2/c1-9(14(19)18-13-4-2-3-7-17-13)20-12-6-5-10(15)8-11(12)16/h2-9H,1H3,(H,17,18,19). The summed E-state index contributed by atoms with van der Waals surface area (Å²) in [5.41, 5.74) is 0. The minimum absolute atomic E-state index is 0.310. The zero-order valence-electron chi connectivity index (χ0n) is 10.6. The summed E-state index contributed by atoms with van der Waals surface area (Å²) in [5, 5.41) is 3.51. The third kappa shape index (κ3) is 3.85. The van der Waals surface area contributed by atoms with E-state index >= 15 is 0 Å². The molecule has 1 amide bonds. The number of carbonyl (C=O) groups is 1. The number of carbonyl (C=O) groups excluding carboxylic acids is 1. The van der Waals surface area contributed by atoms with Gasteiger partial charge in [-0.15, -0.1) is 0 Å². The lowest BCUT2D eigenvalue weighted by atomic mass is 10.3. The van der Waals surface area contributed by atoms with Crippen molar-refractivity contribution in [2.45, 2.75) is 13.0 Å². The Labute approximate surface area is 126 Å². The average molecular weight is 311 g/mol. The number of amides is 1. The van der Waals surface area contributed by atoms with Crippen LogP contribution in [0, 0.1) is 0 Å². The molecule has 1 heterocycles. The van der Waals surface area contributed by atoms with Crippen LogP contribution in [0.1, 0.15) is 6.92 Å². The molecular formula is C14H12Cl2N2O2. The van der Waals surface area contributed by atoms with E-state index < -0.39 is 6.10 Å². The molecule has 104 valence electrons. The van der Waals surface area contributed by atoms with Crippen molar-refractivity contribution in [2.24, 2.45) is 0 Å². The van der Waals surface area contributed by atoms with E-state index in [0.29, 0.717) is 21.6 Å². The van der Waals surface area contributed by atoms with Gasteiger partial charge in [-0.25, -0.2) is 4.98 Å². The maximum atomic E-state index is 11.9. The van der Waals surface area contributed by atoms with Crippen LogP contribution in [0.15, 0.2) is 42.6 Å². The maximum absolute atomic E-state index is 11.9. The van der Waals surface area contributed by atoms with Crippen molar-refractivity contribution < 1.29 is 9.53 Å². The molecule has 1 N–H and O–H groups in total. The quantitative estimate of drug-likeness (QED) is 0.934. The van der Waals surface area contributed by atoms with Crippen LogP contribution in [0.4, 0.5) is 5.82 Å².